The fourth-order valence-corrected chi connectivity index (χ4v) is 2.82. The van der Waals surface area contributed by atoms with Gasteiger partial charge in [-0.2, -0.15) is 0 Å². The lowest BCUT2D eigenvalue weighted by molar-refractivity contribution is 0.397. The van der Waals surface area contributed by atoms with Gasteiger partial charge < -0.3 is 4.74 Å². The molecule has 0 aliphatic rings. The van der Waals surface area contributed by atoms with Crippen molar-refractivity contribution in [1.82, 2.24) is 15.0 Å². The third-order valence-electron chi connectivity index (χ3n) is 2.94. The van der Waals surface area contributed by atoms with E-state index in [2.05, 4.69) is 51.7 Å². The maximum absolute atomic E-state index is 6.21. The van der Waals surface area contributed by atoms with Gasteiger partial charge in [0.1, 0.15) is 11.0 Å². The van der Waals surface area contributed by atoms with Crippen molar-refractivity contribution in [2.75, 3.05) is 7.11 Å². The van der Waals surface area contributed by atoms with E-state index in [4.69, 9.17) is 16.3 Å². The van der Waals surface area contributed by atoms with Crippen LogP contribution in [-0.2, 0) is 11.8 Å². The van der Waals surface area contributed by atoms with Crippen LogP contribution in [0.15, 0.2) is 22.8 Å². The molecule has 0 amide bonds. The quantitative estimate of drug-likeness (QED) is 0.760. The first-order chi connectivity index (χ1) is 9.81. The topological polar surface area (TPSA) is 47.9 Å². The second-order valence-electron chi connectivity index (χ2n) is 5.73. The van der Waals surface area contributed by atoms with Crippen molar-refractivity contribution in [1.29, 1.82) is 0 Å². The van der Waals surface area contributed by atoms with Crippen LogP contribution in [0, 0.1) is 0 Å². The Hall–Kier alpha value is -1.20. The molecule has 6 heteroatoms. The Kier molecular flexibility index (Phi) is 4.84. The summed E-state index contributed by atoms with van der Waals surface area (Å²) < 4.78 is 5.81. The zero-order valence-corrected chi connectivity index (χ0v) is 14.8. The molecule has 0 saturated heterocycles. The number of hydrogen-bond donors (Lipinski definition) is 0. The molecule has 0 aromatic carbocycles. The fraction of sp³-hybridized carbons (Fsp3) is 0.400. The van der Waals surface area contributed by atoms with Crippen LogP contribution in [0.5, 0.6) is 5.88 Å². The van der Waals surface area contributed by atoms with Gasteiger partial charge in [-0.25, -0.2) is 15.0 Å². The lowest BCUT2D eigenvalue weighted by atomic mass is 9.92. The molecule has 0 fully saturated rings. The molecule has 21 heavy (non-hydrogen) atoms. The molecule has 4 nitrogen and oxygen atoms in total. The van der Waals surface area contributed by atoms with Crippen molar-refractivity contribution in [3.63, 3.8) is 0 Å². The zero-order chi connectivity index (χ0) is 15.6. The molecule has 0 atom stereocenters. The third kappa shape index (κ3) is 3.92. The van der Waals surface area contributed by atoms with Crippen molar-refractivity contribution in [2.45, 2.75) is 32.6 Å². The molecule has 0 bridgehead atoms. The number of halogens is 2. The van der Waals surface area contributed by atoms with Crippen molar-refractivity contribution >= 4 is 27.5 Å². The highest BCUT2D eigenvalue weighted by Gasteiger charge is 2.22. The van der Waals surface area contributed by atoms with Gasteiger partial charge in [0, 0.05) is 24.1 Å². The second kappa shape index (κ2) is 6.28. The highest BCUT2D eigenvalue weighted by Crippen LogP contribution is 2.32. The summed E-state index contributed by atoms with van der Waals surface area (Å²) in [4.78, 5) is 13.2. The minimum Gasteiger partial charge on any atom is -0.481 e. The average Bonchev–Trinajstić information content (AvgIpc) is 2.42. The number of hydrogen-bond acceptors (Lipinski definition) is 4. The first-order valence-electron chi connectivity index (χ1n) is 6.52. The lowest BCUT2D eigenvalue weighted by Crippen LogP contribution is -2.17. The molecule has 0 saturated carbocycles. The molecule has 0 aliphatic heterocycles. The van der Waals surface area contributed by atoms with Crippen molar-refractivity contribution in [3.8, 4) is 5.88 Å². The summed E-state index contributed by atoms with van der Waals surface area (Å²) >= 11 is 9.67. The van der Waals surface area contributed by atoms with Crippen LogP contribution in [0.4, 0.5) is 0 Å². The van der Waals surface area contributed by atoms with Gasteiger partial charge >= 0.3 is 0 Å². The van der Waals surface area contributed by atoms with Gasteiger partial charge in [-0.3, -0.25) is 0 Å². The number of pyridine rings is 1. The van der Waals surface area contributed by atoms with E-state index in [9.17, 15) is 0 Å². The molecule has 112 valence electrons. The summed E-state index contributed by atoms with van der Waals surface area (Å²) in [7, 11) is 1.59. The van der Waals surface area contributed by atoms with E-state index in [1.165, 1.54) is 0 Å². The van der Waals surface area contributed by atoms with Crippen LogP contribution in [0.2, 0.25) is 5.15 Å². The van der Waals surface area contributed by atoms with Crippen molar-refractivity contribution in [3.05, 3.63) is 45.0 Å². The summed E-state index contributed by atoms with van der Waals surface area (Å²) in [6, 6.07) is 3.77. The first-order valence-corrected chi connectivity index (χ1v) is 7.69. The Labute approximate surface area is 138 Å². The van der Waals surface area contributed by atoms with Crippen LogP contribution in [0.3, 0.4) is 0 Å². The standard InChI is InChI=1S/C15H17BrClN3O/c1-15(2,3)13-12(16)14(17)20-10(19-13)7-9-5-6-11(21-4)18-8-9/h5-6,8H,7H2,1-4H3. The molecule has 2 rings (SSSR count). The van der Waals surface area contributed by atoms with Gasteiger partial charge in [-0.15, -0.1) is 0 Å². The Morgan fingerprint density at radius 1 is 1.24 bits per heavy atom. The van der Waals surface area contributed by atoms with Gasteiger partial charge in [0.15, 0.2) is 0 Å². The largest absolute Gasteiger partial charge is 0.481 e. The molecule has 2 heterocycles. The van der Waals surface area contributed by atoms with E-state index >= 15 is 0 Å². The van der Waals surface area contributed by atoms with Crippen LogP contribution in [-0.4, -0.2) is 22.1 Å². The monoisotopic (exact) mass is 369 g/mol. The van der Waals surface area contributed by atoms with Gasteiger partial charge in [0.05, 0.1) is 17.3 Å². The third-order valence-corrected chi connectivity index (χ3v) is 4.19. The number of nitrogens with zero attached hydrogens (tertiary/aromatic N) is 3. The number of ether oxygens (including phenoxy) is 1. The van der Waals surface area contributed by atoms with Crippen molar-refractivity contribution in [2.24, 2.45) is 0 Å². The zero-order valence-electron chi connectivity index (χ0n) is 12.4. The van der Waals surface area contributed by atoms with Crippen LogP contribution < -0.4 is 4.74 Å². The molecule has 0 radical (unpaired) electrons. The lowest BCUT2D eigenvalue weighted by Gasteiger charge is -2.20. The minimum atomic E-state index is -0.113. The van der Waals surface area contributed by atoms with E-state index in [1.807, 2.05) is 12.1 Å². The van der Waals surface area contributed by atoms with Gasteiger partial charge in [0.25, 0.3) is 0 Å². The Morgan fingerprint density at radius 2 is 1.95 bits per heavy atom. The normalized spacial score (nSPS) is 11.5. The van der Waals surface area contributed by atoms with Crippen LogP contribution in [0.1, 0.15) is 37.9 Å². The Bertz CT molecular complexity index is 639. The molecule has 0 aliphatic carbocycles. The average molecular weight is 371 g/mol. The summed E-state index contributed by atoms with van der Waals surface area (Å²) in [5.74, 6) is 1.27. The maximum Gasteiger partial charge on any atom is 0.212 e. The summed E-state index contributed by atoms with van der Waals surface area (Å²) in [5.41, 5.74) is 1.80. The Morgan fingerprint density at radius 3 is 2.48 bits per heavy atom. The highest BCUT2D eigenvalue weighted by molar-refractivity contribution is 9.10. The molecular formula is C15H17BrClN3O. The molecular weight excluding hydrogens is 354 g/mol. The van der Waals surface area contributed by atoms with Crippen LogP contribution >= 0.6 is 27.5 Å². The molecule has 0 spiro atoms. The Balaban J connectivity index is 2.33. The predicted octanol–water partition coefficient (Wildman–Crippen LogP) is 4.18. The predicted molar refractivity (Wildman–Crippen MR) is 87.0 cm³/mol. The van der Waals surface area contributed by atoms with E-state index in [0.717, 1.165) is 15.7 Å². The summed E-state index contributed by atoms with van der Waals surface area (Å²) in [6.45, 7) is 6.28. The summed E-state index contributed by atoms with van der Waals surface area (Å²) in [5, 5.41) is 0.436. The molecule has 0 N–H and O–H groups in total. The summed E-state index contributed by atoms with van der Waals surface area (Å²) in [6.07, 6.45) is 2.34. The number of rotatable bonds is 3. The second-order valence-corrected chi connectivity index (χ2v) is 6.88. The van der Waals surface area contributed by atoms with Crippen LogP contribution in [0.25, 0.3) is 0 Å². The minimum absolute atomic E-state index is 0.113. The SMILES string of the molecule is COc1ccc(Cc2nc(Cl)c(Br)c(C(C)(C)C)n2)cn1. The van der Waals surface area contributed by atoms with E-state index in [-0.39, 0.29) is 5.41 Å². The van der Waals surface area contributed by atoms with Crippen molar-refractivity contribution < 1.29 is 4.74 Å². The number of aromatic nitrogens is 3. The molecule has 0 unspecified atom stereocenters. The van der Waals surface area contributed by atoms with Gasteiger partial charge in [-0.1, -0.05) is 38.4 Å². The maximum atomic E-state index is 6.21. The van der Waals surface area contributed by atoms with E-state index in [0.29, 0.717) is 23.3 Å². The van der Waals surface area contributed by atoms with Gasteiger partial charge in [0.2, 0.25) is 5.88 Å². The number of methoxy groups -OCH3 is 1. The first kappa shape index (κ1) is 16.2. The highest BCUT2D eigenvalue weighted by atomic mass is 79.9. The smallest absolute Gasteiger partial charge is 0.212 e. The molecule has 2 aromatic heterocycles. The van der Waals surface area contributed by atoms with E-state index in [1.54, 1.807) is 13.3 Å². The van der Waals surface area contributed by atoms with E-state index < -0.39 is 0 Å². The van der Waals surface area contributed by atoms with Gasteiger partial charge in [-0.05, 0) is 21.5 Å². The molecule has 2 aromatic rings. The fourth-order valence-electron chi connectivity index (χ4n) is 1.86.